The first kappa shape index (κ1) is 9.97. The summed E-state index contributed by atoms with van der Waals surface area (Å²) in [5, 5.41) is 3.27. The van der Waals surface area contributed by atoms with Crippen molar-refractivity contribution in [3.05, 3.63) is 0 Å². The highest BCUT2D eigenvalue weighted by Gasteiger charge is 2.30. The second-order valence-corrected chi connectivity index (χ2v) is 4.47. The minimum absolute atomic E-state index is 0.119. The predicted octanol–water partition coefficient (Wildman–Crippen LogP) is 0.997. The molecule has 0 radical (unpaired) electrons. The van der Waals surface area contributed by atoms with Crippen LogP contribution in [0.3, 0.4) is 0 Å². The molecule has 0 aromatic heterocycles. The van der Waals surface area contributed by atoms with Gasteiger partial charge in [-0.05, 0) is 45.1 Å². The molecule has 2 rings (SSSR count). The Morgan fingerprint density at radius 1 is 1.43 bits per heavy atom. The molecule has 1 saturated heterocycles. The minimum atomic E-state index is 0.119. The summed E-state index contributed by atoms with van der Waals surface area (Å²) < 4.78 is 0. The van der Waals surface area contributed by atoms with Gasteiger partial charge in [-0.15, -0.1) is 0 Å². The van der Waals surface area contributed by atoms with Crippen LogP contribution in [0.1, 0.15) is 32.6 Å². The second kappa shape index (κ2) is 4.30. The van der Waals surface area contributed by atoms with Gasteiger partial charge in [-0.3, -0.25) is 4.79 Å². The highest BCUT2D eigenvalue weighted by molar-refractivity contribution is 5.82. The van der Waals surface area contributed by atoms with Crippen molar-refractivity contribution in [1.82, 2.24) is 10.2 Å². The number of carbonyl (C=O) groups is 1. The van der Waals surface area contributed by atoms with Crippen LogP contribution in [0.15, 0.2) is 0 Å². The fraction of sp³-hybridized carbons (Fsp3) is 0.909. The summed E-state index contributed by atoms with van der Waals surface area (Å²) in [7, 11) is 0. The van der Waals surface area contributed by atoms with Gasteiger partial charge in [0.25, 0.3) is 0 Å². The molecule has 1 aliphatic carbocycles. The molecule has 14 heavy (non-hydrogen) atoms. The van der Waals surface area contributed by atoms with Gasteiger partial charge in [0.1, 0.15) is 0 Å². The molecular weight excluding hydrogens is 176 g/mol. The highest BCUT2D eigenvalue weighted by atomic mass is 16.2. The summed E-state index contributed by atoms with van der Waals surface area (Å²) >= 11 is 0. The highest BCUT2D eigenvalue weighted by Crippen LogP contribution is 2.30. The number of rotatable bonds is 4. The van der Waals surface area contributed by atoms with E-state index >= 15 is 0 Å². The normalized spacial score (nSPS) is 26.5. The fourth-order valence-electron chi connectivity index (χ4n) is 2.10. The van der Waals surface area contributed by atoms with Crippen LogP contribution in [0.25, 0.3) is 0 Å². The zero-order valence-electron chi connectivity index (χ0n) is 8.96. The van der Waals surface area contributed by atoms with Crippen molar-refractivity contribution in [2.45, 2.75) is 38.6 Å². The number of nitrogens with zero attached hydrogens (tertiary/aromatic N) is 1. The molecule has 1 N–H and O–H groups in total. The largest absolute Gasteiger partial charge is 0.341 e. The van der Waals surface area contributed by atoms with Crippen LogP contribution < -0.4 is 5.32 Å². The monoisotopic (exact) mass is 196 g/mol. The van der Waals surface area contributed by atoms with E-state index in [1.54, 1.807) is 0 Å². The summed E-state index contributed by atoms with van der Waals surface area (Å²) in [6.45, 7) is 4.95. The fourth-order valence-corrected chi connectivity index (χ4v) is 2.10. The third kappa shape index (κ3) is 2.27. The van der Waals surface area contributed by atoms with Crippen LogP contribution in [-0.2, 0) is 4.79 Å². The van der Waals surface area contributed by atoms with Gasteiger partial charge in [0.2, 0.25) is 5.91 Å². The molecule has 0 spiro atoms. The smallest absolute Gasteiger partial charge is 0.239 e. The Labute approximate surface area is 85.8 Å². The van der Waals surface area contributed by atoms with Gasteiger partial charge in [-0.1, -0.05) is 0 Å². The van der Waals surface area contributed by atoms with Crippen LogP contribution in [-0.4, -0.2) is 36.5 Å². The molecule has 3 nitrogen and oxygen atoms in total. The molecular formula is C11H20N2O. The molecule has 0 bridgehead atoms. The van der Waals surface area contributed by atoms with Gasteiger partial charge in [0.15, 0.2) is 0 Å². The van der Waals surface area contributed by atoms with E-state index in [-0.39, 0.29) is 6.04 Å². The zero-order valence-corrected chi connectivity index (χ0v) is 8.96. The molecule has 80 valence electrons. The van der Waals surface area contributed by atoms with Gasteiger partial charge >= 0.3 is 0 Å². The third-order valence-electron chi connectivity index (χ3n) is 3.23. The molecule has 2 aliphatic rings. The van der Waals surface area contributed by atoms with Crippen molar-refractivity contribution in [2.24, 2.45) is 5.92 Å². The van der Waals surface area contributed by atoms with E-state index in [2.05, 4.69) is 12.2 Å². The molecule has 1 saturated carbocycles. The van der Waals surface area contributed by atoms with E-state index in [1.165, 1.54) is 12.8 Å². The number of nitrogens with one attached hydrogen (secondary N) is 1. The second-order valence-electron chi connectivity index (χ2n) is 4.47. The third-order valence-corrected chi connectivity index (χ3v) is 3.23. The lowest BCUT2D eigenvalue weighted by Gasteiger charge is -2.24. The first-order valence-electron chi connectivity index (χ1n) is 5.83. The standard InChI is InChI=1S/C11H20N2O/c1-2-13(8-9-5-6-9)11(14)10-4-3-7-12-10/h9-10,12H,2-8H2,1H3. The average molecular weight is 196 g/mol. The van der Waals surface area contributed by atoms with E-state index in [0.717, 1.165) is 38.4 Å². The van der Waals surface area contributed by atoms with Crippen LogP contribution >= 0.6 is 0 Å². The van der Waals surface area contributed by atoms with Crippen molar-refractivity contribution < 1.29 is 4.79 Å². The van der Waals surface area contributed by atoms with E-state index in [9.17, 15) is 4.79 Å². The molecule has 1 amide bonds. The topological polar surface area (TPSA) is 32.3 Å². The van der Waals surface area contributed by atoms with Crippen molar-refractivity contribution in [2.75, 3.05) is 19.6 Å². The Balaban J connectivity index is 1.85. The van der Waals surface area contributed by atoms with Crippen LogP contribution in [0.4, 0.5) is 0 Å². The Bertz CT molecular complexity index is 207. The van der Waals surface area contributed by atoms with Crippen LogP contribution in [0.5, 0.6) is 0 Å². The summed E-state index contributed by atoms with van der Waals surface area (Å²) in [6, 6.07) is 0.119. The predicted molar refractivity (Wildman–Crippen MR) is 56.0 cm³/mol. The average Bonchev–Trinajstić information content (AvgIpc) is 2.84. The molecule has 1 unspecified atom stereocenters. The number of hydrogen-bond donors (Lipinski definition) is 1. The summed E-state index contributed by atoms with van der Waals surface area (Å²) in [6.07, 6.45) is 4.82. The number of likely N-dealkylation sites (N-methyl/N-ethyl adjacent to an activating group) is 1. The van der Waals surface area contributed by atoms with Gasteiger partial charge in [-0.25, -0.2) is 0 Å². The Morgan fingerprint density at radius 2 is 2.21 bits per heavy atom. The first-order valence-corrected chi connectivity index (χ1v) is 5.83. The van der Waals surface area contributed by atoms with E-state index in [0.29, 0.717) is 5.91 Å². The SMILES string of the molecule is CCN(CC1CC1)C(=O)C1CCCN1. The van der Waals surface area contributed by atoms with Gasteiger partial charge in [-0.2, -0.15) is 0 Å². The van der Waals surface area contributed by atoms with Gasteiger partial charge in [0, 0.05) is 13.1 Å². The lowest BCUT2D eigenvalue weighted by atomic mass is 10.2. The number of amides is 1. The lowest BCUT2D eigenvalue weighted by molar-refractivity contribution is -0.133. The lowest BCUT2D eigenvalue weighted by Crippen LogP contribution is -2.44. The van der Waals surface area contributed by atoms with E-state index in [4.69, 9.17) is 0 Å². The molecule has 1 heterocycles. The maximum absolute atomic E-state index is 12.0. The molecule has 1 aliphatic heterocycles. The first-order chi connectivity index (χ1) is 6.81. The van der Waals surface area contributed by atoms with Crippen molar-refractivity contribution in [3.63, 3.8) is 0 Å². The number of carbonyl (C=O) groups excluding carboxylic acids is 1. The maximum atomic E-state index is 12.0. The van der Waals surface area contributed by atoms with Crippen molar-refractivity contribution in [1.29, 1.82) is 0 Å². The minimum Gasteiger partial charge on any atom is -0.341 e. The Morgan fingerprint density at radius 3 is 2.71 bits per heavy atom. The quantitative estimate of drug-likeness (QED) is 0.727. The molecule has 1 atom stereocenters. The molecule has 2 fully saturated rings. The summed E-state index contributed by atoms with van der Waals surface area (Å²) in [5.74, 6) is 1.14. The molecule has 0 aromatic rings. The maximum Gasteiger partial charge on any atom is 0.239 e. The van der Waals surface area contributed by atoms with Gasteiger partial charge < -0.3 is 10.2 Å². The summed E-state index contributed by atoms with van der Waals surface area (Å²) in [5.41, 5.74) is 0. The molecule has 3 heteroatoms. The molecule has 0 aromatic carbocycles. The Kier molecular flexibility index (Phi) is 3.06. The van der Waals surface area contributed by atoms with Crippen LogP contribution in [0, 0.1) is 5.92 Å². The van der Waals surface area contributed by atoms with Gasteiger partial charge in [0.05, 0.1) is 6.04 Å². The van der Waals surface area contributed by atoms with Crippen LogP contribution in [0.2, 0.25) is 0 Å². The van der Waals surface area contributed by atoms with E-state index < -0.39 is 0 Å². The summed E-state index contributed by atoms with van der Waals surface area (Å²) in [4.78, 5) is 14.0. The van der Waals surface area contributed by atoms with Crippen molar-refractivity contribution in [3.8, 4) is 0 Å². The Hall–Kier alpha value is -0.570. The van der Waals surface area contributed by atoms with Crippen molar-refractivity contribution >= 4 is 5.91 Å². The number of hydrogen-bond acceptors (Lipinski definition) is 2. The van der Waals surface area contributed by atoms with E-state index in [1.807, 2.05) is 4.90 Å². The zero-order chi connectivity index (χ0) is 9.97.